The highest BCUT2D eigenvalue weighted by molar-refractivity contribution is 7.73. The number of H-pyrrole nitrogens is 1. The van der Waals surface area contributed by atoms with E-state index in [0.717, 1.165) is 11.3 Å². The Morgan fingerprint density at radius 1 is 1.03 bits per heavy atom. The molecule has 0 saturated carbocycles. The van der Waals surface area contributed by atoms with Crippen LogP contribution in [0.25, 0.3) is 0 Å². The molecule has 3 aromatic rings. The molecule has 3 N–H and O–H groups in total. The van der Waals surface area contributed by atoms with E-state index in [4.69, 9.17) is 12.2 Å². The number of pyridine rings is 1. The van der Waals surface area contributed by atoms with Gasteiger partial charge in [-0.2, -0.15) is 0 Å². The van der Waals surface area contributed by atoms with Gasteiger partial charge in [-0.25, -0.2) is 31.7 Å². The van der Waals surface area contributed by atoms with Gasteiger partial charge >= 0.3 is 6.03 Å². The van der Waals surface area contributed by atoms with Crippen molar-refractivity contribution in [3.05, 3.63) is 63.0 Å². The summed E-state index contributed by atoms with van der Waals surface area (Å²) in [5.74, 6) is -10.9. The number of nitrogens with one attached hydrogen (secondary N) is 3. The van der Waals surface area contributed by atoms with Gasteiger partial charge in [0.15, 0.2) is 27.2 Å². The summed E-state index contributed by atoms with van der Waals surface area (Å²) >= 11 is 5.77. The lowest BCUT2D eigenvalue weighted by atomic mass is 10.0. The molecule has 1 aromatic carbocycles. The molecule has 1 unspecified atom stereocenters. The Morgan fingerprint density at radius 2 is 1.68 bits per heavy atom. The summed E-state index contributed by atoms with van der Waals surface area (Å²) in [6.45, 7) is 1.04. The van der Waals surface area contributed by atoms with Gasteiger partial charge in [0, 0.05) is 44.4 Å². The second-order valence-corrected chi connectivity index (χ2v) is 9.49. The predicted molar refractivity (Wildman–Crippen MR) is 126 cm³/mol. The molecule has 37 heavy (non-hydrogen) atoms. The molecule has 196 valence electrons. The molecule has 3 amide bonds. The molecule has 3 heterocycles. The Balaban J connectivity index is 1.55. The first-order chi connectivity index (χ1) is 17.7. The van der Waals surface area contributed by atoms with Gasteiger partial charge in [-0.05, 0) is 24.4 Å². The fourth-order valence-electron chi connectivity index (χ4n) is 3.73. The van der Waals surface area contributed by atoms with Crippen molar-refractivity contribution in [2.75, 3.05) is 36.4 Å². The van der Waals surface area contributed by atoms with Crippen LogP contribution in [0, 0.1) is 33.0 Å². The van der Waals surface area contributed by atoms with Gasteiger partial charge in [0.05, 0.1) is 0 Å². The average Bonchev–Trinajstić information content (AvgIpc) is 3.32. The number of carbonyl (C=O) groups excluding carboxylic acids is 2. The van der Waals surface area contributed by atoms with Crippen LogP contribution in [0.5, 0.6) is 0 Å². The second-order valence-electron chi connectivity index (χ2n) is 7.82. The standard InChI is InChI=1S/C21H18F5N7O2S2/c22-13-10(14(23)16(25)17(26)15(13)24)9-11(28-19(35)29-20-30-31-21(36)37-20)18(34)33-7-5-32(6-8-33)12-3-1-2-4-27-12/h1-4,11H,5-9H2,(H,31,36)(H2,28,29,30,35). The number of carbonyl (C=O) groups is 2. The maximum atomic E-state index is 14.4. The molecule has 0 aliphatic carbocycles. The number of urea groups is 1. The summed E-state index contributed by atoms with van der Waals surface area (Å²) in [6.07, 6.45) is 0.624. The van der Waals surface area contributed by atoms with Gasteiger partial charge in [-0.1, -0.05) is 17.4 Å². The highest BCUT2D eigenvalue weighted by Gasteiger charge is 2.33. The summed E-state index contributed by atoms with van der Waals surface area (Å²) in [5.41, 5.74) is -1.22. The molecular weight excluding hydrogens is 541 g/mol. The predicted octanol–water partition coefficient (Wildman–Crippen LogP) is 3.37. The normalized spacial score (nSPS) is 14.4. The van der Waals surface area contributed by atoms with E-state index in [1.807, 2.05) is 4.90 Å². The maximum absolute atomic E-state index is 14.4. The van der Waals surface area contributed by atoms with Crippen LogP contribution in [-0.4, -0.2) is 64.2 Å². The number of amides is 3. The average molecular weight is 560 g/mol. The van der Waals surface area contributed by atoms with Crippen molar-refractivity contribution in [3.63, 3.8) is 0 Å². The number of benzene rings is 1. The van der Waals surface area contributed by atoms with Gasteiger partial charge in [-0.15, -0.1) is 5.10 Å². The number of anilines is 2. The molecule has 0 radical (unpaired) electrons. The van der Waals surface area contributed by atoms with E-state index < -0.39 is 59.1 Å². The highest BCUT2D eigenvalue weighted by atomic mass is 32.1. The minimum atomic E-state index is -2.32. The summed E-state index contributed by atoms with van der Waals surface area (Å²) in [4.78, 5) is 33.3. The van der Waals surface area contributed by atoms with Crippen LogP contribution in [-0.2, 0) is 11.2 Å². The molecule has 16 heteroatoms. The van der Waals surface area contributed by atoms with Crippen LogP contribution < -0.4 is 15.5 Å². The number of aromatic amines is 1. The maximum Gasteiger partial charge on any atom is 0.321 e. The molecule has 1 atom stereocenters. The minimum Gasteiger partial charge on any atom is -0.353 e. The van der Waals surface area contributed by atoms with Crippen LogP contribution in [0.3, 0.4) is 0 Å². The van der Waals surface area contributed by atoms with Crippen molar-refractivity contribution in [2.45, 2.75) is 12.5 Å². The first kappa shape index (κ1) is 26.4. The second kappa shape index (κ2) is 11.2. The highest BCUT2D eigenvalue weighted by Crippen LogP contribution is 2.25. The lowest BCUT2D eigenvalue weighted by molar-refractivity contribution is -0.133. The summed E-state index contributed by atoms with van der Waals surface area (Å²) in [5, 5.41) is 10.7. The van der Waals surface area contributed by atoms with Crippen molar-refractivity contribution < 1.29 is 31.5 Å². The number of rotatable bonds is 6. The first-order valence-corrected chi connectivity index (χ1v) is 12.0. The smallest absolute Gasteiger partial charge is 0.321 e. The Morgan fingerprint density at radius 3 is 2.24 bits per heavy atom. The van der Waals surface area contributed by atoms with E-state index in [1.165, 1.54) is 4.90 Å². The van der Waals surface area contributed by atoms with E-state index in [2.05, 4.69) is 25.8 Å². The van der Waals surface area contributed by atoms with E-state index in [1.54, 1.807) is 24.4 Å². The lowest BCUT2D eigenvalue weighted by Gasteiger charge is -2.37. The van der Waals surface area contributed by atoms with E-state index in [9.17, 15) is 31.5 Å². The zero-order valence-corrected chi connectivity index (χ0v) is 20.4. The largest absolute Gasteiger partial charge is 0.353 e. The van der Waals surface area contributed by atoms with Crippen molar-refractivity contribution >= 4 is 46.4 Å². The molecular formula is C21H18F5N7O2S2. The van der Waals surface area contributed by atoms with Gasteiger partial charge in [0.1, 0.15) is 11.9 Å². The van der Waals surface area contributed by atoms with Crippen LogP contribution >= 0.6 is 23.6 Å². The molecule has 1 fully saturated rings. The number of halogens is 5. The molecule has 2 aromatic heterocycles. The molecule has 1 saturated heterocycles. The Kier molecular flexibility index (Phi) is 7.97. The van der Waals surface area contributed by atoms with Gasteiger partial charge < -0.3 is 15.1 Å². The third kappa shape index (κ3) is 5.85. The van der Waals surface area contributed by atoms with Gasteiger partial charge in [0.2, 0.25) is 16.9 Å². The quantitative estimate of drug-likeness (QED) is 0.185. The zero-order valence-electron chi connectivity index (χ0n) is 18.7. The van der Waals surface area contributed by atoms with Crippen molar-refractivity contribution in [3.8, 4) is 0 Å². The topological polar surface area (TPSA) is 106 Å². The van der Waals surface area contributed by atoms with Gasteiger partial charge in [-0.3, -0.25) is 15.2 Å². The molecule has 9 nitrogen and oxygen atoms in total. The summed E-state index contributed by atoms with van der Waals surface area (Å²) in [7, 11) is 0. The third-order valence-electron chi connectivity index (χ3n) is 5.54. The van der Waals surface area contributed by atoms with E-state index >= 15 is 0 Å². The Bertz CT molecular complexity index is 1330. The van der Waals surface area contributed by atoms with E-state index in [-0.39, 0.29) is 22.2 Å². The van der Waals surface area contributed by atoms with Crippen molar-refractivity contribution in [1.82, 2.24) is 25.4 Å². The number of aromatic nitrogens is 3. The van der Waals surface area contributed by atoms with Crippen LogP contribution in [0.2, 0.25) is 0 Å². The van der Waals surface area contributed by atoms with Crippen LogP contribution in [0.1, 0.15) is 5.56 Å². The molecule has 0 bridgehead atoms. The third-order valence-corrected chi connectivity index (χ3v) is 6.54. The van der Waals surface area contributed by atoms with E-state index in [0.29, 0.717) is 18.9 Å². The van der Waals surface area contributed by atoms with Crippen molar-refractivity contribution in [1.29, 1.82) is 0 Å². The Labute approximate surface area is 215 Å². The number of piperazine rings is 1. The number of nitrogens with zero attached hydrogens (tertiary/aromatic N) is 4. The number of hydrogen-bond acceptors (Lipinski definition) is 7. The molecule has 0 spiro atoms. The summed E-state index contributed by atoms with van der Waals surface area (Å²) in [6, 6.07) is 2.69. The monoisotopic (exact) mass is 559 g/mol. The zero-order chi connectivity index (χ0) is 26.7. The fraction of sp³-hybridized carbons (Fsp3) is 0.286. The molecule has 1 aliphatic heterocycles. The fourth-order valence-corrected chi connectivity index (χ4v) is 4.51. The summed E-state index contributed by atoms with van der Waals surface area (Å²) < 4.78 is 70.1. The lowest BCUT2D eigenvalue weighted by Crippen LogP contribution is -2.56. The first-order valence-electron chi connectivity index (χ1n) is 10.7. The van der Waals surface area contributed by atoms with Crippen LogP contribution in [0.15, 0.2) is 24.4 Å². The molecule has 1 aliphatic rings. The minimum absolute atomic E-state index is 0.0360. The van der Waals surface area contributed by atoms with Crippen LogP contribution in [0.4, 0.5) is 37.7 Å². The van der Waals surface area contributed by atoms with Gasteiger partial charge in [0.25, 0.3) is 0 Å². The Hall–Kier alpha value is -3.66. The van der Waals surface area contributed by atoms with Crippen molar-refractivity contribution in [2.24, 2.45) is 0 Å². The SMILES string of the molecule is O=C(Nc1n[nH]c(=S)s1)NC(Cc1c(F)c(F)c(F)c(F)c1F)C(=O)N1CCN(c2ccccn2)CC1. The number of hydrogen-bond donors (Lipinski definition) is 3. The molecule has 4 rings (SSSR count).